The number of carbonyl (C=O) groups is 2. The number of benzene rings is 1. The van der Waals surface area contributed by atoms with Crippen LogP contribution in [-0.2, 0) is 11.8 Å². The highest BCUT2D eigenvalue weighted by atomic mass is 16.4. The number of rotatable bonds is 4. The molecular formula is C15H15N3O3. The Bertz CT molecular complexity index is 717. The summed E-state index contributed by atoms with van der Waals surface area (Å²) in [5.74, 6) is -1.27. The first-order chi connectivity index (χ1) is 9.97. The second kappa shape index (κ2) is 6.04. The van der Waals surface area contributed by atoms with Crippen molar-refractivity contribution in [3.63, 3.8) is 0 Å². The molecule has 2 aromatic rings. The lowest BCUT2D eigenvalue weighted by molar-refractivity contribution is -0.131. The van der Waals surface area contributed by atoms with Gasteiger partial charge in [0.15, 0.2) is 0 Å². The second-order valence-electron chi connectivity index (χ2n) is 4.52. The van der Waals surface area contributed by atoms with Gasteiger partial charge in [0.05, 0.1) is 11.8 Å². The first-order valence-corrected chi connectivity index (χ1v) is 6.28. The summed E-state index contributed by atoms with van der Waals surface area (Å²) in [5, 5.41) is 15.4. The van der Waals surface area contributed by atoms with Crippen LogP contribution in [0.2, 0.25) is 0 Å². The minimum atomic E-state index is -1.02. The van der Waals surface area contributed by atoms with Crippen LogP contribution in [0.25, 0.3) is 6.08 Å². The van der Waals surface area contributed by atoms with Gasteiger partial charge in [0.1, 0.15) is 0 Å². The lowest BCUT2D eigenvalue weighted by Gasteiger charge is -2.05. The van der Waals surface area contributed by atoms with Crippen LogP contribution in [-0.4, -0.2) is 26.8 Å². The summed E-state index contributed by atoms with van der Waals surface area (Å²) in [7, 11) is 1.77. The summed E-state index contributed by atoms with van der Waals surface area (Å²) >= 11 is 0. The van der Waals surface area contributed by atoms with Gasteiger partial charge in [-0.05, 0) is 30.7 Å². The molecule has 6 nitrogen and oxygen atoms in total. The molecule has 6 heteroatoms. The zero-order valence-electron chi connectivity index (χ0n) is 11.7. The molecule has 21 heavy (non-hydrogen) atoms. The van der Waals surface area contributed by atoms with Gasteiger partial charge >= 0.3 is 5.97 Å². The molecule has 0 bridgehead atoms. The third-order valence-electron chi connectivity index (χ3n) is 3.04. The molecule has 1 aromatic carbocycles. The van der Waals surface area contributed by atoms with Gasteiger partial charge in [-0.3, -0.25) is 9.48 Å². The van der Waals surface area contributed by atoms with Crippen molar-refractivity contribution in [3.05, 3.63) is 53.4 Å². The zero-order valence-corrected chi connectivity index (χ0v) is 11.7. The van der Waals surface area contributed by atoms with Crippen molar-refractivity contribution in [1.82, 2.24) is 9.78 Å². The fourth-order valence-electron chi connectivity index (χ4n) is 1.81. The van der Waals surface area contributed by atoms with Gasteiger partial charge in [-0.15, -0.1) is 0 Å². The van der Waals surface area contributed by atoms with Gasteiger partial charge in [-0.1, -0.05) is 12.1 Å². The number of carboxylic acid groups (broad SMARTS) is 1. The van der Waals surface area contributed by atoms with E-state index < -0.39 is 5.97 Å². The van der Waals surface area contributed by atoms with Crippen LogP contribution in [0.15, 0.2) is 36.5 Å². The second-order valence-corrected chi connectivity index (χ2v) is 4.52. The molecule has 0 saturated heterocycles. The standard InChI is InChI=1S/C15H15N3O3/c1-10-13(9-16-18(10)2)15(21)17-12-5-3-4-11(8-12)6-7-14(19)20/h3-9H,1-2H3,(H,17,21)(H,19,20). The Morgan fingerprint density at radius 3 is 2.76 bits per heavy atom. The third kappa shape index (κ3) is 3.56. The summed E-state index contributed by atoms with van der Waals surface area (Å²) < 4.78 is 1.63. The number of carboxylic acids is 1. The van der Waals surface area contributed by atoms with E-state index in [9.17, 15) is 9.59 Å². The predicted octanol–water partition coefficient (Wildman–Crippen LogP) is 2.08. The van der Waals surface area contributed by atoms with Crippen LogP contribution in [0.5, 0.6) is 0 Å². The highest BCUT2D eigenvalue weighted by Crippen LogP contribution is 2.14. The summed E-state index contributed by atoms with van der Waals surface area (Å²) in [5.41, 5.74) is 2.56. The third-order valence-corrected chi connectivity index (χ3v) is 3.04. The first-order valence-electron chi connectivity index (χ1n) is 6.28. The van der Waals surface area contributed by atoms with E-state index in [0.717, 1.165) is 11.8 Å². The monoisotopic (exact) mass is 285 g/mol. The Kier molecular flexibility index (Phi) is 4.18. The van der Waals surface area contributed by atoms with Gasteiger partial charge in [0, 0.05) is 24.5 Å². The van der Waals surface area contributed by atoms with E-state index in [1.165, 1.54) is 12.3 Å². The van der Waals surface area contributed by atoms with Gasteiger partial charge in [0.2, 0.25) is 0 Å². The highest BCUT2D eigenvalue weighted by Gasteiger charge is 2.12. The first kappa shape index (κ1) is 14.5. The molecule has 0 aliphatic carbocycles. The van der Waals surface area contributed by atoms with E-state index in [4.69, 9.17) is 5.11 Å². The zero-order chi connectivity index (χ0) is 15.4. The normalized spacial score (nSPS) is 10.8. The quantitative estimate of drug-likeness (QED) is 0.842. The highest BCUT2D eigenvalue weighted by molar-refractivity contribution is 6.05. The molecule has 0 fully saturated rings. The molecule has 108 valence electrons. The Morgan fingerprint density at radius 1 is 1.38 bits per heavy atom. The molecule has 1 amide bonds. The Hall–Kier alpha value is -2.89. The lowest BCUT2D eigenvalue weighted by atomic mass is 10.1. The van der Waals surface area contributed by atoms with E-state index >= 15 is 0 Å². The molecule has 0 spiro atoms. The lowest BCUT2D eigenvalue weighted by Crippen LogP contribution is -2.12. The molecule has 0 aliphatic rings. The molecule has 0 unspecified atom stereocenters. The number of aromatic nitrogens is 2. The average molecular weight is 285 g/mol. The Balaban J connectivity index is 2.16. The fraction of sp³-hybridized carbons (Fsp3) is 0.133. The summed E-state index contributed by atoms with van der Waals surface area (Å²) in [4.78, 5) is 22.6. The number of nitrogens with one attached hydrogen (secondary N) is 1. The SMILES string of the molecule is Cc1c(C(=O)Nc2cccc(C=CC(=O)O)c2)cnn1C. The van der Waals surface area contributed by atoms with E-state index in [2.05, 4.69) is 10.4 Å². The molecular weight excluding hydrogens is 270 g/mol. The van der Waals surface area contributed by atoms with Crippen molar-refractivity contribution in [2.75, 3.05) is 5.32 Å². The molecule has 0 radical (unpaired) electrons. The topological polar surface area (TPSA) is 84.2 Å². The molecule has 0 saturated carbocycles. The maximum Gasteiger partial charge on any atom is 0.328 e. The number of amides is 1. The predicted molar refractivity (Wildman–Crippen MR) is 79.0 cm³/mol. The number of aryl methyl sites for hydroxylation is 1. The van der Waals surface area contributed by atoms with Crippen LogP contribution >= 0.6 is 0 Å². The van der Waals surface area contributed by atoms with E-state index in [1.807, 2.05) is 6.92 Å². The van der Waals surface area contributed by atoms with E-state index in [1.54, 1.807) is 36.0 Å². The van der Waals surface area contributed by atoms with Gasteiger partial charge < -0.3 is 10.4 Å². The molecule has 2 rings (SSSR count). The molecule has 2 N–H and O–H groups in total. The van der Waals surface area contributed by atoms with Crippen LogP contribution in [0, 0.1) is 6.92 Å². The smallest absolute Gasteiger partial charge is 0.328 e. The maximum absolute atomic E-state index is 12.1. The number of anilines is 1. The van der Waals surface area contributed by atoms with E-state index in [-0.39, 0.29) is 5.91 Å². The van der Waals surface area contributed by atoms with Crippen LogP contribution in [0.1, 0.15) is 21.6 Å². The molecule has 1 heterocycles. The van der Waals surface area contributed by atoms with Gasteiger partial charge in [-0.25, -0.2) is 4.79 Å². The Labute approximate surface area is 121 Å². The number of aliphatic carboxylic acids is 1. The van der Waals surface area contributed by atoms with Crippen molar-refractivity contribution in [2.24, 2.45) is 7.05 Å². The molecule has 0 aliphatic heterocycles. The maximum atomic E-state index is 12.1. The van der Waals surface area contributed by atoms with Crippen LogP contribution < -0.4 is 5.32 Å². The summed E-state index contributed by atoms with van der Waals surface area (Å²) in [6, 6.07) is 6.93. The largest absolute Gasteiger partial charge is 0.478 e. The van der Waals surface area contributed by atoms with Crippen LogP contribution in [0.3, 0.4) is 0 Å². The summed E-state index contributed by atoms with van der Waals surface area (Å²) in [6.07, 6.45) is 4.03. The Morgan fingerprint density at radius 2 is 2.14 bits per heavy atom. The molecule has 0 atom stereocenters. The average Bonchev–Trinajstić information content (AvgIpc) is 2.77. The fourth-order valence-corrected chi connectivity index (χ4v) is 1.81. The van der Waals surface area contributed by atoms with Gasteiger partial charge in [0.25, 0.3) is 5.91 Å². The minimum absolute atomic E-state index is 0.250. The van der Waals surface area contributed by atoms with Crippen molar-refractivity contribution < 1.29 is 14.7 Å². The van der Waals surface area contributed by atoms with Crippen molar-refractivity contribution >= 4 is 23.6 Å². The number of hydrogen-bond donors (Lipinski definition) is 2. The van der Waals surface area contributed by atoms with Crippen molar-refractivity contribution in [3.8, 4) is 0 Å². The van der Waals surface area contributed by atoms with Crippen molar-refractivity contribution in [2.45, 2.75) is 6.92 Å². The molecule has 1 aromatic heterocycles. The van der Waals surface area contributed by atoms with Gasteiger partial charge in [-0.2, -0.15) is 5.10 Å². The van der Waals surface area contributed by atoms with E-state index in [0.29, 0.717) is 16.8 Å². The number of nitrogens with zero attached hydrogens (tertiary/aromatic N) is 2. The van der Waals surface area contributed by atoms with Crippen LogP contribution in [0.4, 0.5) is 5.69 Å². The number of carbonyl (C=O) groups excluding carboxylic acids is 1. The summed E-state index contributed by atoms with van der Waals surface area (Å²) in [6.45, 7) is 1.81. The number of hydrogen-bond acceptors (Lipinski definition) is 3. The van der Waals surface area contributed by atoms with Crippen molar-refractivity contribution in [1.29, 1.82) is 0 Å². The minimum Gasteiger partial charge on any atom is -0.478 e.